The van der Waals surface area contributed by atoms with Crippen LogP contribution in [0.5, 0.6) is 0 Å². The van der Waals surface area contributed by atoms with Crippen LogP contribution in [0.15, 0.2) is 88.8 Å². The number of piperazine rings is 1. The molecule has 2 aromatic carbocycles. The summed E-state index contributed by atoms with van der Waals surface area (Å²) < 4.78 is 28.3. The number of aromatic nitrogens is 3. The van der Waals surface area contributed by atoms with Gasteiger partial charge < -0.3 is 9.80 Å². The summed E-state index contributed by atoms with van der Waals surface area (Å²) in [6.07, 6.45) is 2.60. The number of hydrogen-bond donors (Lipinski definition) is 0. The van der Waals surface area contributed by atoms with Crippen molar-refractivity contribution < 1.29 is 13.2 Å². The van der Waals surface area contributed by atoms with Crippen molar-refractivity contribution in [2.24, 2.45) is 0 Å². The molecule has 1 saturated heterocycles. The molecular weight excluding hydrogens is 490 g/mol. The molecule has 0 radical (unpaired) electrons. The van der Waals surface area contributed by atoms with Crippen molar-refractivity contribution in [1.29, 1.82) is 0 Å². The maximum atomic E-state index is 13.7. The van der Waals surface area contributed by atoms with Gasteiger partial charge in [0.2, 0.25) is 0 Å². The maximum Gasteiger partial charge on any atom is 0.348 e. The Labute approximate surface area is 215 Å². The molecule has 5 rings (SSSR count). The fraction of sp³-hybridized carbons (Fsp3) is 0.222. The molecule has 4 aromatic rings. The molecule has 2 aromatic heterocycles. The van der Waals surface area contributed by atoms with Gasteiger partial charge >= 0.3 is 5.69 Å². The van der Waals surface area contributed by atoms with Gasteiger partial charge in [-0.25, -0.2) is 22.8 Å². The molecule has 1 aliphatic heterocycles. The monoisotopic (exact) mass is 517 g/mol. The van der Waals surface area contributed by atoms with E-state index in [1.165, 1.54) is 23.9 Å². The Bertz CT molecular complexity index is 1600. The summed E-state index contributed by atoms with van der Waals surface area (Å²) in [5, 5.41) is 0. The van der Waals surface area contributed by atoms with Gasteiger partial charge in [-0.15, -0.1) is 0 Å². The minimum atomic E-state index is -4.22. The number of pyridine rings is 1. The second-order valence-corrected chi connectivity index (χ2v) is 10.8. The number of hydrogen-bond acceptors (Lipinski definition) is 6. The van der Waals surface area contributed by atoms with Gasteiger partial charge in [-0.2, -0.15) is 3.97 Å². The molecule has 0 bridgehead atoms. The van der Waals surface area contributed by atoms with Crippen LogP contribution in [0.4, 0.5) is 5.69 Å². The maximum absolute atomic E-state index is 13.7. The molecule has 1 fully saturated rings. The topological polar surface area (TPSA) is 97.5 Å². The van der Waals surface area contributed by atoms with Gasteiger partial charge in [-0.1, -0.05) is 36.4 Å². The molecule has 1 amide bonds. The van der Waals surface area contributed by atoms with E-state index < -0.39 is 21.6 Å². The zero-order chi connectivity index (χ0) is 26.2. The van der Waals surface area contributed by atoms with Crippen LogP contribution >= 0.6 is 0 Å². The number of carbonyl (C=O) groups excluding carboxylic acids is 1. The molecule has 190 valence electrons. The van der Waals surface area contributed by atoms with Crippen molar-refractivity contribution in [3.8, 4) is 5.82 Å². The van der Waals surface area contributed by atoms with Gasteiger partial charge in [0.1, 0.15) is 11.5 Å². The molecule has 37 heavy (non-hydrogen) atoms. The number of carbonyl (C=O) groups is 1. The van der Waals surface area contributed by atoms with Gasteiger partial charge in [0.05, 0.1) is 11.1 Å². The minimum absolute atomic E-state index is 0.0450. The molecule has 9 nitrogen and oxygen atoms in total. The van der Waals surface area contributed by atoms with Crippen LogP contribution in [0.25, 0.3) is 5.82 Å². The minimum Gasteiger partial charge on any atom is -0.368 e. The van der Waals surface area contributed by atoms with E-state index in [9.17, 15) is 18.0 Å². The van der Waals surface area contributed by atoms with E-state index in [0.717, 1.165) is 22.0 Å². The van der Waals surface area contributed by atoms with Gasteiger partial charge in [0, 0.05) is 38.1 Å². The van der Waals surface area contributed by atoms with Gasteiger partial charge in [-0.05, 0) is 55.3 Å². The first-order valence-corrected chi connectivity index (χ1v) is 13.4. The number of amides is 1. The molecule has 1 aliphatic rings. The normalized spacial score (nSPS) is 14.1. The molecule has 0 atom stereocenters. The number of anilines is 1. The predicted molar refractivity (Wildman–Crippen MR) is 141 cm³/mol. The molecule has 0 N–H and O–H groups in total. The summed E-state index contributed by atoms with van der Waals surface area (Å²) in [6.45, 7) is 6.21. The van der Waals surface area contributed by atoms with E-state index in [2.05, 4.69) is 35.0 Å². The number of imidazole rings is 1. The Kier molecular flexibility index (Phi) is 6.43. The van der Waals surface area contributed by atoms with Crippen molar-refractivity contribution in [1.82, 2.24) is 18.4 Å². The van der Waals surface area contributed by atoms with Crippen molar-refractivity contribution >= 4 is 21.6 Å². The number of rotatable bonds is 5. The molecule has 0 saturated carbocycles. The summed E-state index contributed by atoms with van der Waals surface area (Å²) in [5.41, 5.74) is 2.54. The van der Waals surface area contributed by atoms with Crippen LogP contribution in [0, 0.1) is 13.8 Å². The lowest BCUT2D eigenvalue weighted by molar-refractivity contribution is 0.0738. The van der Waals surface area contributed by atoms with E-state index in [0.29, 0.717) is 30.2 Å². The van der Waals surface area contributed by atoms with Crippen molar-refractivity contribution in [2.75, 3.05) is 31.1 Å². The Morgan fingerprint density at radius 1 is 0.892 bits per heavy atom. The first-order chi connectivity index (χ1) is 17.8. The lowest BCUT2D eigenvalue weighted by Gasteiger charge is -2.37. The lowest BCUT2D eigenvalue weighted by Crippen LogP contribution is -2.49. The lowest BCUT2D eigenvalue weighted by atomic mass is 10.1. The third-order valence-corrected chi connectivity index (χ3v) is 8.18. The van der Waals surface area contributed by atoms with Gasteiger partial charge in [-0.3, -0.25) is 4.79 Å². The molecule has 10 heteroatoms. The zero-order valence-electron chi connectivity index (χ0n) is 20.6. The summed E-state index contributed by atoms with van der Waals surface area (Å²) >= 11 is 0. The third kappa shape index (κ3) is 4.55. The fourth-order valence-corrected chi connectivity index (χ4v) is 5.79. The standard InChI is InChI=1S/C27H27N5O4S/c1-20-11-12-21(2)23(18-20)29-14-16-30(17-15-29)26(33)24-19-31(37(35,36)22-8-4-3-5-9-22)27(34)32(24)25-10-6-7-13-28-25/h3-13,18-19H,14-17H2,1-2H3. The second-order valence-electron chi connectivity index (χ2n) is 9.00. The summed E-state index contributed by atoms with van der Waals surface area (Å²) in [5.74, 6) is -0.253. The summed E-state index contributed by atoms with van der Waals surface area (Å²) in [7, 11) is -4.22. The molecule has 0 aliphatic carbocycles. The Morgan fingerprint density at radius 2 is 1.59 bits per heavy atom. The molecule has 0 spiro atoms. The average molecular weight is 518 g/mol. The van der Waals surface area contributed by atoms with Crippen LogP contribution < -0.4 is 10.6 Å². The first kappa shape index (κ1) is 24.5. The largest absolute Gasteiger partial charge is 0.368 e. The fourth-order valence-electron chi connectivity index (χ4n) is 4.53. The summed E-state index contributed by atoms with van der Waals surface area (Å²) in [4.78, 5) is 35.2. The number of benzene rings is 2. The SMILES string of the molecule is Cc1ccc(C)c(N2CCN(C(=O)c3cn(S(=O)(=O)c4ccccc4)c(=O)n3-c3ccccn3)CC2)c1. The zero-order valence-corrected chi connectivity index (χ0v) is 21.4. The Balaban J connectivity index is 1.50. The predicted octanol–water partition coefficient (Wildman–Crippen LogP) is 2.85. The van der Waals surface area contributed by atoms with Gasteiger partial charge in [0.15, 0.2) is 0 Å². The van der Waals surface area contributed by atoms with E-state index in [-0.39, 0.29) is 16.4 Å². The van der Waals surface area contributed by atoms with Crippen LogP contribution in [0.1, 0.15) is 21.6 Å². The van der Waals surface area contributed by atoms with Crippen LogP contribution in [0.2, 0.25) is 0 Å². The summed E-state index contributed by atoms with van der Waals surface area (Å²) in [6, 6.07) is 18.9. The van der Waals surface area contributed by atoms with E-state index in [1.807, 2.05) is 6.92 Å². The highest BCUT2D eigenvalue weighted by Crippen LogP contribution is 2.24. The highest BCUT2D eigenvalue weighted by molar-refractivity contribution is 7.90. The number of nitrogens with zero attached hydrogens (tertiary/aromatic N) is 5. The third-order valence-electron chi connectivity index (χ3n) is 6.53. The molecule has 0 unspecified atom stereocenters. The van der Waals surface area contributed by atoms with Crippen molar-refractivity contribution in [3.05, 3.63) is 106 Å². The van der Waals surface area contributed by atoms with Crippen LogP contribution in [-0.2, 0) is 10.0 Å². The van der Waals surface area contributed by atoms with Crippen molar-refractivity contribution in [3.63, 3.8) is 0 Å². The highest BCUT2D eigenvalue weighted by atomic mass is 32.2. The molecular formula is C27H27N5O4S. The van der Waals surface area contributed by atoms with Crippen molar-refractivity contribution in [2.45, 2.75) is 18.7 Å². The molecule has 3 heterocycles. The quantitative estimate of drug-likeness (QED) is 0.404. The van der Waals surface area contributed by atoms with E-state index >= 15 is 0 Å². The number of aryl methyl sites for hydroxylation is 2. The smallest absolute Gasteiger partial charge is 0.348 e. The Hall–Kier alpha value is -4.18. The first-order valence-electron chi connectivity index (χ1n) is 12.0. The van der Waals surface area contributed by atoms with E-state index in [1.54, 1.807) is 41.3 Å². The Morgan fingerprint density at radius 3 is 2.27 bits per heavy atom. The van der Waals surface area contributed by atoms with Crippen LogP contribution in [0.3, 0.4) is 0 Å². The van der Waals surface area contributed by atoms with Gasteiger partial charge in [0.25, 0.3) is 15.9 Å². The second kappa shape index (κ2) is 9.70. The average Bonchev–Trinajstić information content (AvgIpc) is 3.28. The highest BCUT2D eigenvalue weighted by Gasteiger charge is 2.31. The van der Waals surface area contributed by atoms with Crippen LogP contribution in [-0.4, -0.2) is 58.9 Å². The van der Waals surface area contributed by atoms with E-state index in [4.69, 9.17) is 0 Å².